The molecule has 0 heterocycles. The van der Waals surface area contributed by atoms with E-state index in [4.69, 9.17) is 4.74 Å². The molecule has 4 atom stereocenters. The van der Waals surface area contributed by atoms with Crippen LogP contribution < -0.4 is 5.32 Å². The highest BCUT2D eigenvalue weighted by Crippen LogP contribution is 2.25. The van der Waals surface area contributed by atoms with Crippen molar-refractivity contribution in [3.8, 4) is 0 Å². The predicted molar refractivity (Wildman–Crippen MR) is 69.0 cm³/mol. The van der Waals surface area contributed by atoms with E-state index < -0.39 is 0 Å². The van der Waals surface area contributed by atoms with E-state index in [9.17, 15) is 5.11 Å². The molecule has 0 bridgehead atoms. The lowest BCUT2D eigenvalue weighted by molar-refractivity contribution is 0.0296. The molecule has 2 saturated carbocycles. The van der Waals surface area contributed by atoms with Gasteiger partial charge in [-0.2, -0.15) is 0 Å². The van der Waals surface area contributed by atoms with E-state index >= 15 is 0 Å². The maximum atomic E-state index is 9.95. The van der Waals surface area contributed by atoms with Crippen LogP contribution in [0.15, 0.2) is 0 Å². The molecule has 0 aromatic heterocycles. The van der Waals surface area contributed by atoms with Crippen LogP contribution in [0.4, 0.5) is 0 Å². The molecule has 0 spiro atoms. The first-order valence-corrected chi connectivity index (χ1v) is 7.25. The van der Waals surface area contributed by atoms with Crippen LogP contribution in [0.1, 0.15) is 51.4 Å². The normalized spacial score (nSPS) is 39.2. The number of hydrogen-bond acceptors (Lipinski definition) is 3. The van der Waals surface area contributed by atoms with Gasteiger partial charge < -0.3 is 15.2 Å². The second kappa shape index (κ2) is 6.72. The quantitative estimate of drug-likeness (QED) is 0.792. The minimum atomic E-state index is -0.0826. The SMILES string of the molecule is COC1CCCCC1NCC1CCCCC1O. The smallest absolute Gasteiger partial charge is 0.0724 e. The van der Waals surface area contributed by atoms with Crippen LogP contribution >= 0.6 is 0 Å². The number of aliphatic hydroxyl groups is 1. The molecule has 3 heteroatoms. The second-order valence-electron chi connectivity index (χ2n) is 5.69. The first-order valence-electron chi connectivity index (χ1n) is 7.25. The fraction of sp³-hybridized carbons (Fsp3) is 1.00. The molecule has 2 N–H and O–H groups in total. The Kier molecular flexibility index (Phi) is 5.26. The Balaban J connectivity index is 1.75. The Bertz CT molecular complexity index is 222. The summed E-state index contributed by atoms with van der Waals surface area (Å²) in [5.41, 5.74) is 0. The van der Waals surface area contributed by atoms with Crippen molar-refractivity contribution in [2.75, 3.05) is 13.7 Å². The summed E-state index contributed by atoms with van der Waals surface area (Å²) in [5, 5.41) is 13.6. The third-order valence-electron chi connectivity index (χ3n) is 4.52. The fourth-order valence-corrected chi connectivity index (χ4v) is 3.34. The summed E-state index contributed by atoms with van der Waals surface area (Å²) in [6.45, 7) is 0.964. The van der Waals surface area contributed by atoms with Gasteiger partial charge in [-0.15, -0.1) is 0 Å². The van der Waals surface area contributed by atoms with Crippen LogP contribution in [0.2, 0.25) is 0 Å². The lowest BCUT2D eigenvalue weighted by Crippen LogP contribution is -2.46. The van der Waals surface area contributed by atoms with Crippen molar-refractivity contribution in [2.45, 2.75) is 69.6 Å². The fourth-order valence-electron chi connectivity index (χ4n) is 3.34. The summed E-state index contributed by atoms with van der Waals surface area (Å²) in [6.07, 6.45) is 9.95. The molecule has 2 aliphatic rings. The molecule has 0 aromatic carbocycles. The van der Waals surface area contributed by atoms with Gasteiger partial charge in [-0.1, -0.05) is 25.7 Å². The van der Waals surface area contributed by atoms with Gasteiger partial charge in [0.2, 0.25) is 0 Å². The molecule has 4 unspecified atom stereocenters. The summed E-state index contributed by atoms with van der Waals surface area (Å²) in [7, 11) is 1.82. The third kappa shape index (κ3) is 3.67. The van der Waals surface area contributed by atoms with Crippen LogP contribution in [0.3, 0.4) is 0 Å². The highest BCUT2D eigenvalue weighted by atomic mass is 16.5. The van der Waals surface area contributed by atoms with Gasteiger partial charge in [0.1, 0.15) is 0 Å². The molecule has 17 heavy (non-hydrogen) atoms. The summed E-state index contributed by atoms with van der Waals surface area (Å²) < 4.78 is 5.55. The molecule has 0 aromatic rings. The van der Waals surface area contributed by atoms with E-state index in [0.29, 0.717) is 18.1 Å². The summed E-state index contributed by atoms with van der Waals surface area (Å²) in [5.74, 6) is 0.461. The van der Waals surface area contributed by atoms with Gasteiger partial charge in [0, 0.05) is 19.7 Å². The summed E-state index contributed by atoms with van der Waals surface area (Å²) >= 11 is 0. The van der Waals surface area contributed by atoms with E-state index in [1.54, 1.807) is 0 Å². The lowest BCUT2D eigenvalue weighted by Gasteiger charge is -2.34. The minimum Gasteiger partial charge on any atom is -0.393 e. The van der Waals surface area contributed by atoms with Crippen LogP contribution in [0.5, 0.6) is 0 Å². The van der Waals surface area contributed by atoms with E-state index in [1.165, 1.54) is 44.9 Å². The van der Waals surface area contributed by atoms with Gasteiger partial charge >= 0.3 is 0 Å². The number of nitrogens with one attached hydrogen (secondary N) is 1. The number of aliphatic hydroxyl groups excluding tert-OH is 1. The van der Waals surface area contributed by atoms with Crippen molar-refractivity contribution in [2.24, 2.45) is 5.92 Å². The summed E-state index contributed by atoms with van der Waals surface area (Å²) in [6, 6.07) is 0.503. The standard InChI is InChI=1S/C14H27NO2/c1-17-14-9-5-3-7-12(14)15-10-11-6-2-4-8-13(11)16/h11-16H,2-10H2,1H3. The van der Waals surface area contributed by atoms with Crippen molar-refractivity contribution in [1.29, 1.82) is 0 Å². The average Bonchev–Trinajstić information content (AvgIpc) is 2.38. The number of hydrogen-bond donors (Lipinski definition) is 2. The Morgan fingerprint density at radius 3 is 2.53 bits per heavy atom. The van der Waals surface area contributed by atoms with Gasteiger partial charge in [-0.3, -0.25) is 0 Å². The monoisotopic (exact) mass is 241 g/mol. The van der Waals surface area contributed by atoms with Gasteiger partial charge in [0.25, 0.3) is 0 Å². The van der Waals surface area contributed by atoms with Crippen molar-refractivity contribution in [1.82, 2.24) is 5.32 Å². The maximum absolute atomic E-state index is 9.95. The number of ether oxygens (including phenoxy) is 1. The van der Waals surface area contributed by atoms with Gasteiger partial charge in [-0.25, -0.2) is 0 Å². The molecular weight excluding hydrogens is 214 g/mol. The highest BCUT2D eigenvalue weighted by molar-refractivity contribution is 4.84. The molecule has 0 saturated heterocycles. The van der Waals surface area contributed by atoms with Gasteiger partial charge in [0.05, 0.1) is 12.2 Å². The van der Waals surface area contributed by atoms with E-state index in [1.807, 2.05) is 7.11 Å². The Morgan fingerprint density at radius 2 is 1.76 bits per heavy atom. The van der Waals surface area contributed by atoms with E-state index in [2.05, 4.69) is 5.32 Å². The van der Waals surface area contributed by atoms with E-state index in [-0.39, 0.29) is 6.10 Å². The first-order chi connectivity index (χ1) is 8.31. The molecule has 3 nitrogen and oxygen atoms in total. The Morgan fingerprint density at radius 1 is 1.06 bits per heavy atom. The first kappa shape index (κ1) is 13.3. The van der Waals surface area contributed by atoms with Crippen molar-refractivity contribution in [3.05, 3.63) is 0 Å². The molecule has 0 aliphatic heterocycles. The molecule has 2 fully saturated rings. The van der Waals surface area contributed by atoms with Gasteiger partial charge in [-0.05, 0) is 31.6 Å². The number of rotatable bonds is 4. The Hall–Kier alpha value is -0.120. The highest BCUT2D eigenvalue weighted by Gasteiger charge is 2.27. The predicted octanol–water partition coefficient (Wildman–Crippen LogP) is 2.08. The lowest BCUT2D eigenvalue weighted by atomic mass is 9.85. The zero-order valence-electron chi connectivity index (χ0n) is 11.0. The van der Waals surface area contributed by atoms with Crippen LogP contribution in [-0.2, 0) is 4.74 Å². The molecule has 0 radical (unpaired) electrons. The van der Waals surface area contributed by atoms with E-state index in [0.717, 1.165) is 13.0 Å². The van der Waals surface area contributed by atoms with Crippen molar-refractivity contribution in [3.63, 3.8) is 0 Å². The summed E-state index contributed by atoms with van der Waals surface area (Å²) in [4.78, 5) is 0. The molecule has 2 rings (SSSR count). The molecule has 0 amide bonds. The zero-order valence-corrected chi connectivity index (χ0v) is 11.0. The van der Waals surface area contributed by atoms with Crippen molar-refractivity contribution < 1.29 is 9.84 Å². The van der Waals surface area contributed by atoms with Crippen LogP contribution in [-0.4, -0.2) is 37.0 Å². The molecular formula is C14H27NO2. The van der Waals surface area contributed by atoms with Gasteiger partial charge in [0.15, 0.2) is 0 Å². The molecule has 100 valence electrons. The van der Waals surface area contributed by atoms with Crippen LogP contribution in [0, 0.1) is 5.92 Å². The Labute approximate surface area is 105 Å². The maximum Gasteiger partial charge on any atom is 0.0724 e. The average molecular weight is 241 g/mol. The number of methoxy groups -OCH3 is 1. The zero-order chi connectivity index (χ0) is 12.1. The second-order valence-corrected chi connectivity index (χ2v) is 5.69. The van der Waals surface area contributed by atoms with Crippen molar-refractivity contribution >= 4 is 0 Å². The minimum absolute atomic E-state index is 0.0826. The topological polar surface area (TPSA) is 41.5 Å². The molecule has 2 aliphatic carbocycles. The largest absolute Gasteiger partial charge is 0.393 e. The van der Waals surface area contributed by atoms with Crippen LogP contribution in [0.25, 0.3) is 0 Å². The third-order valence-corrected chi connectivity index (χ3v) is 4.52.